The lowest BCUT2D eigenvalue weighted by atomic mass is 10.0. The Hall–Kier alpha value is -1.36. The largest absolute Gasteiger partial charge is 0.381 e. The third-order valence-corrected chi connectivity index (χ3v) is 3.92. The highest BCUT2D eigenvalue weighted by Gasteiger charge is 2.35. The van der Waals surface area contributed by atoms with Gasteiger partial charge in [0.2, 0.25) is 5.91 Å². The van der Waals surface area contributed by atoms with Crippen LogP contribution in [0.1, 0.15) is 30.9 Å². The number of amides is 1. The van der Waals surface area contributed by atoms with Gasteiger partial charge in [-0.05, 0) is 19.3 Å². The Kier molecular flexibility index (Phi) is 3.07. The molecule has 3 heterocycles. The summed E-state index contributed by atoms with van der Waals surface area (Å²) in [5.74, 6) is 0.334. The van der Waals surface area contributed by atoms with Gasteiger partial charge < -0.3 is 9.64 Å². The van der Waals surface area contributed by atoms with E-state index in [1.165, 1.54) is 0 Å². The molecule has 0 spiro atoms. The highest BCUT2D eigenvalue weighted by atomic mass is 16.5. The van der Waals surface area contributed by atoms with Gasteiger partial charge in [0.25, 0.3) is 0 Å². The highest BCUT2D eigenvalue weighted by molar-refractivity contribution is 5.80. The minimum Gasteiger partial charge on any atom is -0.381 e. The summed E-state index contributed by atoms with van der Waals surface area (Å²) < 4.78 is 7.12. The molecule has 0 bridgehead atoms. The molecule has 2 atom stereocenters. The zero-order valence-electron chi connectivity index (χ0n) is 10.7. The van der Waals surface area contributed by atoms with Crippen molar-refractivity contribution in [2.24, 2.45) is 13.0 Å². The summed E-state index contributed by atoms with van der Waals surface area (Å²) in [6.07, 6.45) is 6.89. The Bertz CT molecular complexity index is 437. The normalized spacial score (nSPS) is 27.9. The molecule has 2 aliphatic heterocycles. The van der Waals surface area contributed by atoms with Gasteiger partial charge in [0.15, 0.2) is 0 Å². The van der Waals surface area contributed by atoms with Gasteiger partial charge in [-0.3, -0.25) is 9.48 Å². The molecule has 0 saturated carbocycles. The maximum absolute atomic E-state index is 12.5. The van der Waals surface area contributed by atoms with Crippen LogP contribution in [0.4, 0.5) is 0 Å². The van der Waals surface area contributed by atoms with Gasteiger partial charge in [-0.1, -0.05) is 0 Å². The van der Waals surface area contributed by atoms with Gasteiger partial charge in [0, 0.05) is 32.0 Å². The van der Waals surface area contributed by atoms with Crippen molar-refractivity contribution in [2.45, 2.75) is 25.3 Å². The Morgan fingerprint density at radius 1 is 1.50 bits per heavy atom. The number of likely N-dealkylation sites (tertiary alicyclic amines) is 1. The molecule has 2 fully saturated rings. The number of carbonyl (C=O) groups excluding carboxylic acids is 1. The quantitative estimate of drug-likeness (QED) is 0.789. The van der Waals surface area contributed by atoms with Crippen LogP contribution < -0.4 is 0 Å². The fourth-order valence-corrected chi connectivity index (χ4v) is 2.95. The van der Waals surface area contributed by atoms with E-state index in [-0.39, 0.29) is 17.9 Å². The molecule has 2 aliphatic rings. The molecule has 2 saturated heterocycles. The van der Waals surface area contributed by atoms with Crippen LogP contribution in [-0.2, 0) is 16.6 Å². The lowest BCUT2D eigenvalue weighted by Gasteiger charge is -2.26. The van der Waals surface area contributed by atoms with E-state index in [1.54, 1.807) is 4.68 Å². The number of rotatable bonds is 2. The van der Waals surface area contributed by atoms with Crippen LogP contribution in [0.25, 0.3) is 0 Å². The van der Waals surface area contributed by atoms with Crippen LogP contribution in [0.3, 0.4) is 0 Å². The van der Waals surface area contributed by atoms with Crippen molar-refractivity contribution >= 4 is 5.91 Å². The first-order valence-electron chi connectivity index (χ1n) is 6.62. The van der Waals surface area contributed by atoms with Crippen LogP contribution in [0.15, 0.2) is 12.4 Å². The Balaban J connectivity index is 1.76. The van der Waals surface area contributed by atoms with Gasteiger partial charge in [-0.2, -0.15) is 5.10 Å². The maximum atomic E-state index is 12.5. The van der Waals surface area contributed by atoms with Crippen molar-refractivity contribution in [3.63, 3.8) is 0 Å². The van der Waals surface area contributed by atoms with E-state index in [1.807, 2.05) is 24.3 Å². The first kappa shape index (κ1) is 11.7. The Morgan fingerprint density at radius 3 is 3.06 bits per heavy atom. The minimum absolute atomic E-state index is 0.0715. The second-order valence-corrected chi connectivity index (χ2v) is 5.20. The standard InChI is InChI=1S/C13H19N3O2/c1-15-8-11(7-14-15)12-3-2-5-16(12)13(17)10-4-6-18-9-10/h7-8,10,12H,2-6,9H2,1H3/t10-,12+/m0/s1. The lowest BCUT2D eigenvalue weighted by Crippen LogP contribution is -2.35. The summed E-state index contributed by atoms with van der Waals surface area (Å²) in [4.78, 5) is 14.5. The predicted octanol–water partition coefficient (Wildman–Crippen LogP) is 1.12. The van der Waals surface area contributed by atoms with E-state index in [0.717, 1.165) is 38.0 Å². The highest BCUT2D eigenvalue weighted by Crippen LogP contribution is 2.33. The molecule has 0 radical (unpaired) electrons. The molecule has 0 aliphatic carbocycles. The first-order valence-corrected chi connectivity index (χ1v) is 6.62. The Labute approximate surface area is 107 Å². The second kappa shape index (κ2) is 4.72. The third-order valence-electron chi connectivity index (χ3n) is 3.92. The monoisotopic (exact) mass is 249 g/mol. The van der Waals surface area contributed by atoms with E-state index in [9.17, 15) is 4.79 Å². The molecular formula is C13H19N3O2. The van der Waals surface area contributed by atoms with Crippen LogP contribution in [0.5, 0.6) is 0 Å². The summed E-state index contributed by atoms with van der Waals surface area (Å²) in [5, 5.41) is 4.21. The van der Waals surface area contributed by atoms with Crippen molar-refractivity contribution < 1.29 is 9.53 Å². The molecular weight excluding hydrogens is 230 g/mol. The van der Waals surface area contributed by atoms with Crippen molar-refractivity contribution in [2.75, 3.05) is 19.8 Å². The van der Waals surface area contributed by atoms with E-state index < -0.39 is 0 Å². The fourth-order valence-electron chi connectivity index (χ4n) is 2.95. The number of carbonyl (C=O) groups is 1. The van der Waals surface area contributed by atoms with Gasteiger partial charge >= 0.3 is 0 Å². The lowest BCUT2D eigenvalue weighted by molar-refractivity contribution is -0.136. The molecule has 18 heavy (non-hydrogen) atoms. The van der Waals surface area contributed by atoms with Crippen LogP contribution in [-0.4, -0.2) is 40.3 Å². The average molecular weight is 249 g/mol. The molecule has 5 heteroatoms. The van der Waals surface area contributed by atoms with E-state index >= 15 is 0 Å². The van der Waals surface area contributed by atoms with Gasteiger partial charge in [-0.15, -0.1) is 0 Å². The third kappa shape index (κ3) is 2.03. The SMILES string of the molecule is Cn1cc([C@H]2CCCN2C(=O)[C@H]2CCOC2)cn1. The summed E-state index contributed by atoms with van der Waals surface area (Å²) in [6, 6.07) is 0.215. The number of hydrogen-bond donors (Lipinski definition) is 0. The number of hydrogen-bond acceptors (Lipinski definition) is 3. The van der Waals surface area contributed by atoms with Gasteiger partial charge in [-0.25, -0.2) is 0 Å². The molecule has 0 N–H and O–H groups in total. The number of aryl methyl sites for hydroxylation is 1. The number of aromatic nitrogens is 2. The van der Waals surface area contributed by atoms with Gasteiger partial charge in [0.05, 0.1) is 24.8 Å². The summed E-state index contributed by atoms with van der Waals surface area (Å²) >= 11 is 0. The molecule has 1 aromatic heterocycles. The molecule has 1 aromatic rings. The first-order chi connectivity index (χ1) is 8.75. The molecule has 0 unspecified atom stereocenters. The zero-order chi connectivity index (χ0) is 12.5. The molecule has 98 valence electrons. The topological polar surface area (TPSA) is 47.4 Å². The second-order valence-electron chi connectivity index (χ2n) is 5.20. The predicted molar refractivity (Wildman–Crippen MR) is 65.8 cm³/mol. The van der Waals surface area contributed by atoms with Gasteiger partial charge in [0.1, 0.15) is 0 Å². The van der Waals surface area contributed by atoms with Crippen molar-refractivity contribution in [3.8, 4) is 0 Å². The van der Waals surface area contributed by atoms with Crippen molar-refractivity contribution in [1.29, 1.82) is 0 Å². The maximum Gasteiger partial charge on any atom is 0.228 e. The van der Waals surface area contributed by atoms with Crippen molar-refractivity contribution in [1.82, 2.24) is 14.7 Å². The fraction of sp³-hybridized carbons (Fsp3) is 0.692. The molecule has 1 amide bonds. The number of ether oxygens (including phenoxy) is 1. The van der Waals surface area contributed by atoms with Crippen LogP contribution in [0.2, 0.25) is 0 Å². The summed E-state index contributed by atoms with van der Waals surface area (Å²) in [6.45, 7) is 2.19. The van der Waals surface area contributed by atoms with Crippen LogP contribution >= 0.6 is 0 Å². The minimum atomic E-state index is 0.0715. The zero-order valence-corrected chi connectivity index (χ0v) is 10.7. The summed E-state index contributed by atoms with van der Waals surface area (Å²) in [5.41, 5.74) is 1.15. The van der Waals surface area contributed by atoms with E-state index in [0.29, 0.717) is 6.61 Å². The number of nitrogens with zero attached hydrogens (tertiary/aromatic N) is 3. The van der Waals surface area contributed by atoms with Crippen LogP contribution in [0, 0.1) is 5.92 Å². The average Bonchev–Trinajstić information content (AvgIpc) is 3.09. The Morgan fingerprint density at radius 2 is 2.39 bits per heavy atom. The molecule has 0 aromatic carbocycles. The molecule has 3 rings (SSSR count). The van der Waals surface area contributed by atoms with E-state index in [2.05, 4.69) is 5.10 Å². The van der Waals surface area contributed by atoms with E-state index in [4.69, 9.17) is 4.74 Å². The summed E-state index contributed by atoms with van der Waals surface area (Å²) in [7, 11) is 1.91. The molecule has 5 nitrogen and oxygen atoms in total. The van der Waals surface area contributed by atoms with Crippen molar-refractivity contribution in [3.05, 3.63) is 18.0 Å². The smallest absolute Gasteiger partial charge is 0.228 e.